The summed E-state index contributed by atoms with van der Waals surface area (Å²) in [4.78, 5) is 32.6. The Morgan fingerprint density at radius 2 is 1.82 bits per heavy atom. The molecule has 1 aromatic heterocycles. The van der Waals surface area contributed by atoms with Crippen LogP contribution in [0.3, 0.4) is 0 Å². The van der Waals surface area contributed by atoms with Crippen molar-refractivity contribution in [1.29, 1.82) is 0 Å². The quantitative estimate of drug-likeness (QED) is 0.300. The Morgan fingerprint density at radius 3 is 2.47 bits per heavy atom. The molecule has 0 saturated carbocycles. The van der Waals surface area contributed by atoms with Crippen LogP contribution in [0.15, 0.2) is 88.2 Å². The van der Waals surface area contributed by atoms with Gasteiger partial charge in [0, 0.05) is 10.6 Å². The van der Waals surface area contributed by atoms with E-state index in [-0.39, 0.29) is 17.7 Å². The molecule has 0 saturated heterocycles. The van der Waals surface area contributed by atoms with Crippen molar-refractivity contribution in [2.45, 2.75) is 13.0 Å². The van der Waals surface area contributed by atoms with E-state index >= 15 is 0 Å². The third-order valence-corrected chi connectivity index (χ3v) is 7.56. The first kappa shape index (κ1) is 26.0. The summed E-state index contributed by atoms with van der Waals surface area (Å²) in [6.45, 7) is 1.92. The van der Waals surface area contributed by atoms with Crippen LogP contribution in [0.5, 0.6) is 5.75 Å². The monoisotopic (exact) mass is 564 g/mol. The Labute approximate surface area is 232 Å². The molecule has 0 fully saturated rings. The maximum Gasteiger partial charge on any atom is 0.338 e. The molecule has 0 radical (unpaired) electrons. The first-order valence-electron chi connectivity index (χ1n) is 11.8. The smallest absolute Gasteiger partial charge is 0.338 e. The zero-order valence-corrected chi connectivity index (χ0v) is 22.8. The van der Waals surface area contributed by atoms with Crippen LogP contribution in [0.2, 0.25) is 10.0 Å². The molecule has 6 nitrogen and oxygen atoms in total. The number of hydrogen-bond acceptors (Lipinski definition) is 6. The van der Waals surface area contributed by atoms with Crippen molar-refractivity contribution in [3.63, 3.8) is 0 Å². The molecule has 192 valence electrons. The van der Waals surface area contributed by atoms with Crippen molar-refractivity contribution in [2.75, 3.05) is 13.7 Å². The molecule has 5 rings (SSSR count). The Morgan fingerprint density at radius 1 is 1.08 bits per heavy atom. The minimum absolute atomic E-state index is 0.181. The number of esters is 1. The largest absolute Gasteiger partial charge is 0.495 e. The summed E-state index contributed by atoms with van der Waals surface area (Å²) in [6.07, 6.45) is 1.75. The van der Waals surface area contributed by atoms with Crippen LogP contribution < -0.4 is 19.6 Å². The third-order valence-electron chi connectivity index (χ3n) is 6.03. The van der Waals surface area contributed by atoms with E-state index in [1.807, 2.05) is 36.4 Å². The van der Waals surface area contributed by atoms with Crippen molar-refractivity contribution in [1.82, 2.24) is 4.57 Å². The van der Waals surface area contributed by atoms with Crippen molar-refractivity contribution in [3.8, 4) is 5.75 Å². The number of hydrogen-bond donors (Lipinski definition) is 0. The van der Waals surface area contributed by atoms with E-state index in [1.165, 1.54) is 11.3 Å². The summed E-state index contributed by atoms with van der Waals surface area (Å²) in [5, 5.41) is 0.978. The Bertz CT molecular complexity index is 1730. The minimum Gasteiger partial charge on any atom is -0.495 e. The molecule has 38 heavy (non-hydrogen) atoms. The van der Waals surface area contributed by atoms with Gasteiger partial charge in [-0.05, 0) is 48.4 Å². The van der Waals surface area contributed by atoms with Crippen molar-refractivity contribution in [2.24, 2.45) is 4.99 Å². The lowest BCUT2D eigenvalue weighted by Crippen LogP contribution is -2.40. The van der Waals surface area contributed by atoms with Crippen LogP contribution in [0, 0.1) is 0 Å². The van der Waals surface area contributed by atoms with Gasteiger partial charge in [0.25, 0.3) is 5.56 Å². The van der Waals surface area contributed by atoms with Crippen LogP contribution in [0.1, 0.15) is 29.7 Å². The number of rotatable bonds is 6. The Kier molecular flexibility index (Phi) is 7.51. The van der Waals surface area contributed by atoms with E-state index in [2.05, 4.69) is 0 Å². The molecule has 2 heterocycles. The van der Waals surface area contributed by atoms with Crippen LogP contribution in [0.4, 0.5) is 0 Å². The molecular formula is C29H22Cl2N2O4S. The molecule has 0 bridgehead atoms. The predicted octanol–water partition coefficient (Wildman–Crippen LogP) is 5.25. The van der Waals surface area contributed by atoms with Crippen molar-refractivity contribution in [3.05, 3.63) is 125 Å². The summed E-state index contributed by atoms with van der Waals surface area (Å²) in [6, 6.07) is 21.0. The van der Waals surface area contributed by atoms with Gasteiger partial charge in [-0.2, -0.15) is 0 Å². The second kappa shape index (κ2) is 11.0. The van der Waals surface area contributed by atoms with Gasteiger partial charge in [-0.25, -0.2) is 9.79 Å². The molecule has 0 amide bonds. The molecule has 0 unspecified atom stereocenters. The second-order valence-corrected chi connectivity index (χ2v) is 10.2. The number of halogens is 2. The number of nitrogens with zero attached hydrogens (tertiary/aromatic N) is 2. The normalized spacial score (nSPS) is 15.2. The van der Waals surface area contributed by atoms with Crippen molar-refractivity contribution >= 4 is 52.3 Å². The number of carbonyl (C=O) groups excluding carboxylic acids is 1. The fourth-order valence-electron chi connectivity index (χ4n) is 4.32. The molecule has 0 spiro atoms. The van der Waals surface area contributed by atoms with E-state index in [0.29, 0.717) is 36.4 Å². The van der Waals surface area contributed by atoms with Gasteiger partial charge < -0.3 is 9.47 Å². The van der Waals surface area contributed by atoms with Crippen LogP contribution in [0.25, 0.3) is 11.8 Å². The average Bonchev–Trinajstić information content (AvgIpc) is 3.23. The summed E-state index contributed by atoms with van der Waals surface area (Å²) in [5.74, 6) is 0.00543. The maximum absolute atomic E-state index is 13.9. The molecule has 0 N–H and O–H groups in total. The zero-order valence-electron chi connectivity index (χ0n) is 20.5. The highest BCUT2D eigenvalue weighted by Crippen LogP contribution is 2.35. The molecule has 3 aromatic carbocycles. The maximum atomic E-state index is 13.9. The zero-order chi connectivity index (χ0) is 26.8. The molecule has 1 atom stereocenters. The number of ether oxygens (including phenoxy) is 2. The van der Waals surface area contributed by atoms with Gasteiger partial charge in [-0.3, -0.25) is 9.36 Å². The SMILES string of the molecule is CCOC(=O)C1=C(c2ccccc2)N=c2s/c(=C/c3ccc(OC)c(Cl)c3)c(=O)n2[C@H]1c1ccc(Cl)cc1. The van der Waals surface area contributed by atoms with Gasteiger partial charge in [-0.15, -0.1) is 0 Å². The van der Waals surface area contributed by atoms with Gasteiger partial charge in [0.15, 0.2) is 4.80 Å². The molecule has 1 aliphatic heterocycles. The van der Waals surface area contributed by atoms with Crippen LogP contribution >= 0.6 is 34.5 Å². The Balaban J connectivity index is 1.80. The molecule has 1 aliphatic rings. The van der Waals surface area contributed by atoms with Crippen molar-refractivity contribution < 1.29 is 14.3 Å². The fraction of sp³-hybridized carbons (Fsp3) is 0.138. The fourth-order valence-corrected chi connectivity index (χ4v) is 5.72. The van der Waals surface area contributed by atoms with Crippen LogP contribution in [-0.2, 0) is 9.53 Å². The highest BCUT2D eigenvalue weighted by atomic mass is 35.5. The highest BCUT2D eigenvalue weighted by molar-refractivity contribution is 7.07. The number of methoxy groups -OCH3 is 1. The lowest BCUT2D eigenvalue weighted by Gasteiger charge is -2.25. The lowest BCUT2D eigenvalue weighted by molar-refractivity contribution is -0.138. The van der Waals surface area contributed by atoms with E-state index < -0.39 is 12.0 Å². The minimum atomic E-state index is -0.764. The van der Waals surface area contributed by atoms with Gasteiger partial charge in [0.1, 0.15) is 5.75 Å². The standard InChI is InChI=1S/C29H22Cl2N2O4S/c1-3-37-28(35)24-25(18-7-5-4-6-8-18)32-29-33(26(24)19-10-12-20(30)13-11-19)27(34)23(38-29)16-17-9-14-22(36-2)21(31)15-17/h4-16,26H,3H2,1-2H3/b23-16+/t26-/m0/s1. The first-order valence-corrected chi connectivity index (χ1v) is 13.4. The number of thiazole rings is 1. The lowest BCUT2D eigenvalue weighted by atomic mass is 9.93. The summed E-state index contributed by atoms with van der Waals surface area (Å²) >= 11 is 13.7. The number of benzene rings is 3. The summed E-state index contributed by atoms with van der Waals surface area (Å²) in [7, 11) is 1.54. The predicted molar refractivity (Wildman–Crippen MR) is 151 cm³/mol. The van der Waals surface area contributed by atoms with Gasteiger partial charge in [0.05, 0.1) is 40.6 Å². The van der Waals surface area contributed by atoms with E-state index in [4.69, 9.17) is 37.7 Å². The summed E-state index contributed by atoms with van der Waals surface area (Å²) in [5.41, 5.74) is 2.65. The third kappa shape index (κ3) is 4.92. The van der Waals surface area contributed by atoms with Gasteiger partial charge in [0.2, 0.25) is 0 Å². The van der Waals surface area contributed by atoms with E-state index in [9.17, 15) is 9.59 Å². The van der Waals surface area contributed by atoms with Gasteiger partial charge in [-0.1, -0.05) is 83.1 Å². The Hall–Kier alpha value is -3.65. The second-order valence-electron chi connectivity index (χ2n) is 8.38. The molecule has 9 heteroatoms. The number of aromatic nitrogens is 1. The van der Waals surface area contributed by atoms with E-state index in [1.54, 1.807) is 61.1 Å². The van der Waals surface area contributed by atoms with E-state index in [0.717, 1.165) is 11.1 Å². The van der Waals surface area contributed by atoms with Crippen LogP contribution in [-0.4, -0.2) is 24.3 Å². The van der Waals surface area contributed by atoms with Gasteiger partial charge >= 0.3 is 5.97 Å². The summed E-state index contributed by atoms with van der Waals surface area (Å²) < 4.78 is 12.7. The number of carbonyl (C=O) groups is 1. The molecule has 0 aliphatic carbocycles. The average molecular weight is 565 g/mol. The molecular weight excluding hydrogens is 543 g/mol. The molecule has 4 aromatic rings. The first-order chi connectivity index (χ1) is 18.4. The highest BCUT2D eigenvalue weighted by Gasteiger charge is 2.35. The topological polar surface area (TPSA) is 69.9 Å². The number of fused-ring (bicyclic) bond motifs is 1.